The Morgan fingerprint density at radius 1 is 1.40 bits per heavy atom. The summed E-state index contributed by atoms with van der Waals surface area (Å²) in [4.78, 5) is 0. The van der Waals surface area contributed by atoms with Gasteiger partial charge in [0.15, 0.2) is 11.6 Å². The van der Waals surface area contributed by atoms with Crippen molar-refractivity contribution in [1.82, 2.24) is 0 Å². The predicted molar refractivity (Wildman–Crippen MR) is 58.7 cm³/mol. The summed E-state index contributed by atoms with van der Waals surface area (Å²) in [5, 5.41) is 2.77. The molecule has 1 rings (SSSR count). The van der Waals surface area contributed by atoms with Gasteiger partial charge in [-0.1, -0.05) is 12.2 Å². The van der Waals surface area contributed by atoms with Crippen LogP contribution in [0, 0.1) is 11.6 Å². The highest BCUT2D eigenvalue weighted by Crippen LogP contribution is 2.24. The second kappa shape index (κ2) is 5.34. The molecule has 0 bridgehead atoms. The third-order valence-electron chi connectivity index (χ3n) is 1.98. The maximum absolute atomic E-state index is 13.2. The average molecular weight is 212 g/mol. The van der Waals surface area contributed by atoms with Crippen molar-refractivity contribution in [3.05, 3.63) is 35.9 Å². The van der Waals surface area contributed by atoms with Crippen LogP contribution in [0.1, 0.15) is 13.3 Å². The molecule has 0 saturated carbocycles. The lowest BCUT2D eigenvalue weighted by Gasteiger charge is -2.09. The van der Waals surface area contributed by atoms with E-state index in [1.807, 2.05) is 19.1 Å². The summed E-state index contributed by atoms with van der Waals surface area (Å²) in [6.07, 6.45) is 4.57. The van der Waals surface area contributed by atoms with Crippen LogP contribution in [0.15, 0.2) is 24.3 Å². The number of benzene rings is 1. The molecule has 0 radical (unpaired) electrons. The van der Waals surface area contributed by atoms with Gasteiger partial charge in [-0.15, -0.1) is 0 Å². The molecule has 2 nitrogen and oxygen atoms in total. The first kappa shape index (κ1) is 11.5. The molecule has 0 aliphatic heterocycles. The van der Waals surface area contributed by atoms with E-state index in [1.54, 1.807) is 0 Å². The Balaban J connectivity index is 2.71. The largest absolute Gasteiger partial charge is 0.397 e. The third kappa shape index (κ3) is 2.94. The quantitative estimate of drug-likeness (QED) is 0.457. The Morgan fingerprint density at radius 3 is 2.80 bits per heavy atom. The van der Waals surface area contributed by atoms with Gasteiger partial charge >= 0.3 is 0 Å². The molecular weight excluding hydrogens is 198 g/mol. The van der Waals surface area contributed by atoms with E-state index in [1.165, 1.54) is 6.07 Å². The number of nitrogen functional groups attached to an aromatic ring is 1. The molecule has 4 heteroatoms. The molecule has 0 aromatic heterocycles. The van der Waals surface area contributed by atoms with Crippen molar-refractivity contribution in [3.8, 4) is 0 Å². The number of hydrogen-bond acceptors (Lipinski definition) is 2. The minimum Gasteiger partial charge on any atom is -0.397 e. The van der Waals surface area contributed by atoms with E-state index in [9.17, 15) is 8.78 Å². The molecule has 0 atom stereocenters. The lowest BCUT2D eigenvalue weighted by Crippen LogP contribution is -2.06. The number of halogens is 2. The Labute approximate surface area is 87.8 Å². The summed E-state index contributed by atoms with van der Waals surface area (Å²) in [5.74, 6) is -1.81. The molecular formula is C11H14F2N2. The van der Waals surface area contributed by atoms with Crippen molar-refractivity contribution in [2.45, 2.75) is 13.3 Å². The van der Waals surface area contributed by atoms with Gasteiger partial charge in [0, 0.05) is 6.54 Å². The van der Waals surface area contributed by atoms with E-state index >= 15 is 0 Å². The first-order chi connectivity index (χ1) is 7.16. The number of rotatable bonds is 4. The smallest absolute Gasteiger partial charge is 0.183 e. The average Bonchev–Trinajstić information content (AvgIpc) is 2.23. The summed E-state index contributed by atoms with van der Waals surface area (Å²) in [7, 11) is 0. The van der Waals surface area contributed by atoms with Crippen molar-refractivity contribution < 1.29 is 8.78 Å². The fourth-order valence-corrected chi connectivity index (χ4v) is 1.19. The molecule has 0 fully saturated rings. The van der Waals surface area contributed by atoms with Crippen LogP contribution in [0.25, 0.3) is 0 Å². The Hall–Kier alpha value is -1.58. The van der Waals surface area contributed by atoms with E-state index in [0.717, 1.165) is 12.5 Å². The van der Waals surface area contributed by atoms with Crippen LogP contribution in [0.5, 0.6) is 0 Å². The predicted octanol–water partition coefficient (Wildman–Crippen LogP) is 2.93. The van der Waals surface area contributed by atoms with Crippen LogP contribution in [-0.2, 0) is 0 Å². The lowest BCUT2D eigenvalue weighted by molar-refractivity contribution is 0.511. The highest BCUT2D eigenvalue weighted by molar-refractivity contribution is 5.66. The lowest BCUT2D eigenvalue weighted by atomic mass is 10.2. The Morgan fingerprint density at radius 2 is 2.13 bits per heavy atom. The van der Waals surface area contributed by atoms with Gasteiger partial charge < -0.3 is 11.1 Å². The molecule has 0 spiro atoms. The van der Waals surface area contributed by atoms with Gasteiger partial charge in [-0.3, -0.25) is 0 Å². The highest BCUT2D eigenvalue weighted by atomic mass is 19.2. The zero-order valence-corrected chi connectivity index (χ0v) is 8.56. The normalized spacial score (nSPS) is 10.9. The van der Waals surface area contributed by atoms with E-state index in [4.69, 9.17) is 5.73 Å². The van der Waals surface area contributed by atoms with E-state index < -0.39 is 11.6 Å². The summed E-state index contributed by atoms with van der Waals surface area (Å²) in [5.41, 5.74) is 5.78. The molecule has 0 amide bonds. The van der Waals surface area contributed by atoms with Crippen LogP contribution in [0.3, 0.4) is 0 Å². The van der Waals surface area contributed by atoms with Gasteiger partial charge in [-0.05, 0) is 25.5 Å². The molecule has 0 heterocycles. The minimum atomic E-state index is -0.921. The monoisotopic (exact) mass is 212 g/mol. The van der Waals surface area contributed by atoms with E-state index in [0.29, 0.717) is 6.54 Å². The first-order valence-corrected chi connectivity index (χ1v) is 4.75. The maximum Gasteiger partial charge on any atom is 0.183 e. The van der Waals surface area contributed by atoms with Gasteiger partial charge in [0.25, 0.3) is 0 Å². The SMILES string of the molecule is C/C=C/CCNc1c(N)ccc(F)c1F. The number of allylic oxidation sites excluding steroid dienone is 1. The summed E-state index contributed by atoms with van der Waals surface area (Å²) >= 11 is 0. The van der Waals surface area contributed by atoms with E-state index in [-0.39, 0.29) is 11.4 Å². The van der Waals surface area contributed by atoms with Crippen LogP contribution in [0.2, 0.25) is 0 Å². The van der Waals surface area contributed by atoms with Crippen molar-refractivity contribution in [2.24, 2.45) is 0 Å². The molecule has 0 aliphatic carbocycles. The molecule has 82 valence electrons. The van der Waals surface area contributed by atoms with Gasteiger partial charge in [-0.25, -0.2) is 8.78 Å². The van der Waals surface area contributed by atoms with Crippen molar-refractivity contribution in [3.63, 3.8) is 0 Å². The molecule has 0 unspecified atom stereocenters. The van der Waals surface area contributed by atoms with Crippen molar-refractivity contribution >= 4 is 11.4 Å². The Kier molecular flexibility index (Phi) is 4.09. The van der Waals surface area contributed by atoms with Gasteiger partial charge in [0.05, 0.1) is 11.4 Å². The maximum atomic E-state index is 13.2. The van der Waals surface area contributed by atoms with Gasteiger partial charge in [0.2, 0.25) is 0 Å². The highest BCUT2D eigenvalue weighted by Gasteiger charge is 2.10. The summed E-state index contributed by atoms with van der Waals surface area (Å²) in [6.45, 7) is 2.42. The first-order valence-electron chi connectivity index (χ1n) is 4.75. The molecule has 3 N–H and O–H groups in total. The number of anilines is 2. The van der Waals surface area contributed by atoms with E-state index in [2.05, 4.69) is 5.32 Å². The molecule has 1 aromatic carbocycles. The van der Waals surface area contributed by atoms with Crippen LogP contribution in [0.4, 0.5) is 20.2 Å². The van der Waals surface area contributed by atoms with Crippen LogP contribution in [-0.4, -0.2) is 6.54 Å². The summed E-state index contributed by atoms with van der Waals surface area (Å²) in [6, 6.07) is 2.36. The number of hydrogen-bond donors (Lipinski definition) is 2. The van der Waals surface area contributed by atoms with Crippen LogP contribution >= 0.6 is 0 Å². The second-order valence-electron chi connectivity index (χ2n) is 3.11. The van der Waals surface area contributed by atoms with Crippen LogP contribution < -0.4 is 11.1 Å². The number of nitrogens with one attached hydrogen (secondary N) is 1. The Bertz CT molecular complexity index is 362. The molecule has 1 aromatic rings. The fourth-order valence-electron chi connectivity index (χ4n) is 1.19. The van der Waals surface area contributed by atoms with Crippen molar-refractivity contribution in [2.75, 3.05) is 17.6 Å². The van der Waals surface area contributed by atoms with Gasteiger partial charge in [-0.2, -0.15) is 0 Å². The van der Waals surface area contributed by atoms with Crippen molar-refractivity contribution in [1.29, 1.82) is 0 Å². The number of nitrogens with two attached hydrogens (primary N) is 1. The summed E-state index contributed by atoms with van der Waals surface area (Å²) < 4.78 is 26.1. The third-order valence-corrected chi connectivity index (χ3v) is 1.98. The standard InChI is InChI=1S/C11H14F2N2/c1-2-3-4-7-15-11-9(14)6-5-8(12)10(11)13/h2-3,5-6,15H,4,7,14H2,1H3/b3-2+. The minimum absolute atomic E-state index is 0.0412. The zero-order valence-electron chi connectivity index (χ0n) is 8.56. The van der Waals surface area contributed by atoms with Gasteiger partial charge in [0.1, 0.15) is 0 Å². The molecule has 0 aliphatic rings. The second-order valence-corrected chi connectivity index (χ2v) is 3.11. The fraction of sp³-hybridized carbons (Fsp3) is 0.273. The molecule has 0 saturated heterocycles. The topological polar surface area (TPSA) is 38.0 Å². The zero-order chi connectivity index (χ0) is 11.3. The molecule has 15 heavy (non-hydrogen) atoms.